The topological polar surface area (TPSA) is 32.3 Å². The average Bonchev–Trinajstić information content (AvgIpc) is 2.17. The summed E-state index contributed by atoms with van der Waals surface area (Å²) in [6.45, 7) is 4.42. The van der Waals surface area contributed by atoms with Gasteiger partial charge in [0.1, 0.15) is 0 Å². The Balaban J connectivity index is 1.78. The molecule has 2 aliphatic rings. The Morgan fingerprint density at radius 3 is 2.60 bits per heavy atom. The maximum atomic E-state index is 10.1. The molecule has 2 heteroatoms. The zero-order valence-corrected chi connectivity index (χ0v) is 9.97. The molecule has 0 spiro atoms. The van der Waals surface area contributed by atoms with Gasteiger partial charge in [-0.05, 0) is 64.0 Å². The Kier molecular flexibility index (Phi) is 3.68. The van der Waals surface area contributed by atoms with E-state index < -0.39 is 0 Å². The van der Waals surface area contributed by atoms with E-state index in [9.17, 15) is 5.11 Å². The summed E-state index contributed by atoms with van der Waals surface area (Å²) in [5, 5.41) is 13.5. The minimum atomic E-state index is -0.365. The maximum Gasteiger partial charge on any atom is 0.0622 e. The van der Waals surface area contributed by atoms with Crippen LogP contribution in [0.15, 0.2) is 0 Å². The third kappa shape index (κ3) is 3.46. The SMILES string of the molecule is CC1(O)CCCC(CC2CCNCC2)C1. The van der Waals surface area contributed by atoms with Gasteiger partial charge >= 0.3 is 0 Å². The Morgan fingerprint density at radius 2 is 1.93 bits per heavy atom. The van der Waals surface area contributed by atoms with E-state index >= 15 is 0 Å². The summed E-state index contributed by atoms with van der Waals surface area (Å²) in [5.41, 5.74) is -0.365. The van der Waals surface area contributed by atoms with Gasteiger partial charge in [-0.1, -0.05) is 12.8 Å². The summed E-state index contributed by atoms with van der Waals surface area (Å²) >= 11 is 0. The van der Waals surface area contributed by atoms with Gasteiger partial charge < -0.3 is 10.4 Å². The van der Waals surface area contributed by atoms with Crippen molar-refractivity contribution in [3.63, 3.8) is 0 Å². The van der Waals surface area contributed by atoms with Gasteiger partial charge in [-0.3, -0.25) is 0 Å². The summed E-state index contributed by atoms with van der Waals surface area (Å²) < 4.78 is 0. The smallest absolute Gasteiger partial charge is 0.0622 e. The first-order chi connectivity index (χ1) is 7.16. The van der Waals surface area contributed by atoms with Crippen LogP contribution in [0.5, 0.6) is 0 Å². The highest BCUT2D eigenvalue weighted by Crippen LogP contribution is 2.36. The van der Waals surface area contributed by atoms with E-state index in [1.165, 1.54) is 45.2 Å². The molecular weight excluding hydrogens is 186 g/mol. The first kappa shape index (κ1) is 11.4. The van der Waals surface area contributed by atoms with Crippen molar-refractivity contribution in [2.75, 3.05) is 13.1 Å². The molecule has 2 fully saturated rings. The lowest BCUT2D eigenvalue weighted by Gasteiger charge is -2.36. The third-order valence-electron chi connectivity index (χ3n) is 4.18. The van der Waals surface area contributed by atoms with Gasteiger partial charge in [0.15, 0.2) is 0 Å². The van der Waals surface area contributed by atoms with E-state index in [0.717, 1.165) is 24.7 Å². The van der Waals surface area contributed by atoms with E-state index in [-0.39, 0.29) is 5.60 Å². The van der Waals surface area contributed by atoms with E-state index in [0.29, 0.717) is 0 Å². The third-order valence-corrected chi connectivity index (χ3v) is 4.18. The summed E-state index contributed by atoms with van der Waals surface area (Å²) in [4.78, 5) is 0. The van der Waals surface area contributed by atoms with Crippen molar-refractivity contribution in [2.24, 2.45) is 11.8 Å². The largest absolute Gasteiger partial charge is 0.390 e. The second kappa shape index (κ2) is 4.84. The number of rotatable bonds is 2. The highest BCUT2D eigenvalue weighted by atomic mass is 16.3. The molecule has 2 nitrogen and oxygen atoms in total. The van der Waals surface area contributed by atoms with Crippen LogP contribution in [-0.4, -0.2) is 23.8 Å². The van der Waals surface area contributed by atoms with Crippen molar-refractivity contribution in [3.05, 3.63) is 0 Å². The van der Waals surface area contributed by atoms with Crippen LogP contribution >= 0.6 is 0 Å². The first-order valence-electron chi connectivity index (χ1n) is 6.59. The van der Waals surface area contributed by atoms with Crippen LogP contribution in [0.3, 0.4) is 0 Å². The lowest BCUT2D eigenvalue weighted by Crippen LogP contribution is -2.34. The molecule has 88 valence electrons. The minimum Gasteiger partial charge on any atom is -0.390 e. The molecule has 15 heavy (non-hydrogen) atoms. The van der Waals surface area contributed by atoms with Gasteiger partial charge in [0, 0.05) is 0 Å². The number of piperidine rings is 1. The number of nitrogens with one attached hydrogen (secondary N) is 1. The zero-order valence-electron chi connectivity index (χ0n) is 9.97. The van der Waals surface area contributed by atoms with Crippen LogP contribution in [0, 0.1) is 11.8 Å². The van der Waals surface area contributed by atoms with Gasteiger partial charge in [0.05, 0.1) is 5.60 Å². The van der Waals surface area contributed by atoms with Crippen molar-refractivity contribution in [1.29, 1.82) is 0 Å². The fourth-order valence-corrected chi connectivity index (χ4v) is 3.39. The molecule has 0 bridgehead atoms. The fourth-order valence-electron chi connectivity index (χ4n) is 3.39. The summed E-state index contributed by atoms with van der Waals surface area (Å²) in [6, 6.07) is 0. The van der Waals surface area contributed by atoms with Crippen LogP contribution in [0.25, 0.3) is 0 Å². The van der Waals surface area contributed by atoms with Gasteiger partial charge in [0.2, 0.25) is 0 Å². The van der Waals surface area contributed by atoms with E-state index in [1.54, 1.807) is 0 Å². The highest BCUT2D eigenvalue weighted by Gasteiger charge is 2.31. The molecule has 1 saturated carbocycles. The molecule has 0 radical (unpaired) electrons. The Hall–Kier alpha value is -0.0800. The molecule has 1 aliphatic carbocycles. The molecule has 1 heterocycles. The van der Waals surface area contributed by atoms with Gasteiger partial charge in [0.25, 0.3) is 0 Å². The minimum absolute atomic E-state index is 0.365. The Morgan fingerprint density at radius 1 is 1.20 bits per heavy atom. The summed E-state index contributed by atoms with van der Waals surface area (Å²) in [5.74, 6) is 1.71. The second-order valence-electron chi connectivity index (χ2n) is 5.89. The average molecular weight is 211 g/mol. The molecule has 2 unspecified atom stereocenters. The molecule has 2 rings (SSSR count). The first-order valence-corrected chi connectivity index (χ1v) is 6.59. The lowest BCUT2D eigenvalue weighted by molar-refractivity contribution is -0.00432. The van der Waals surface area contributed by atoms with Crippen molar-refractivity contribution in [3.8, 4) is 0 Å². The van der Waals surface area contributed by atoms with Gasteiger partial charge in [-0.25, -0.2) is 0 Å². The Bertz CT molecular complexity index is 197. The second-order valence-corrected chi connectivity index (χ2v) is 5.89. The molecule has 1 aliphatic heterocycles. The number of aliphatic hydroxyl groups is 1. The fraction of sp³-hybridized carbons (Fsp3) is 1.00. The van der Waals surface area contributed by atoms with Crippen molar-refractivity contribution in [2.45, 2.75) is 57.5 Å². The maximum absolute atomic E-state index is 10.1. The van der Waals surface area contributed by atoms with Crippen LogP contribution < -0.4 is 5.32 Å². The molecule has 0 aromatic rings. The predicted octanol–water partition coefficient (Wildman–Crippen LogP) is 2.32. The van der Waals surface area contributed by atoms with Gasteiger partial charge in [-0.15, -0.1) is 0 Å². The number of hydrogen-bond donors (Lipinski definition) is 2. The molecule has 2 atom stereocenters. The van der Waals surface area contributed by atoms with Gasteiger partial charge in [-0.2, -0.15) is 0 Å². The van der Waals surface area contributed by atoms with Crippen molar-refractivity contribution < 1.29 is 5.11 Å². The molecule has 1 saturated heterocycles. The highest BCUT2D eigenvalue weighted by molar-refractivity contribution is 4.84. The van der Waals surface area contributed by atoms with Crippen LogP contribution in [0.4, 0.5) is 0 Å². The summed E-state index contributed by atoms with van der Waals surface area (Å²) in [7, 11) is 0. The molecule has 2 N–H and O–H groups in total. The molecule has 0 aromatic carbocycles. The van der Waals surface area contributed by atoms with Crippen LogP contribution in [-0.2, 0) is 0 Å². The quantitative estimate of drug-likeness (QED) is 0.734. The predicted molar refractivity (Wildman–Crippen MR) is 62.8 cm³/mol. The zero-order chi connectivity index (χ0) is 10.7. The van der Waals surface area contributed by atoms with Crippen LogP contribution in [0.2, 0.25) is 0 Å². The van der Waals surface area contributed by atoms with Crippen molar-refractivity contribution >= 4 is 0 Å². The van der Waals surface area contributed by atoms with Crippen molar-refractivity contribution in [1.82, 2.24) is 5.32 Å². The Labute approximate surface area is 93.5 Å². The van der Waals surface area contributed by atoms with E-state index in [4.69, 9.17) is 0 Å². The molecular formula is C13H25NO. The summed E-state index contributed by atoms with van der Waals surface area (Å²) in [6.07, 6.45) is 8.67. The standard InChI is InChI=1S/C13H25NO/c1-13(15)6-2-3-12(10-13)9-11-4-7-14-8-5-11/h11-12,14-15H,2-10H2,1H3. The molecule has 0 amide bonds. The van der Waals surface area contributed by atoms with E-state index in [1.807, 2.05) is 6.92 Å². The van der Waals surface area contributed by atoms with E-state index in [2.05, 4.69) is 5.32 Å². The van der Waals surface area contributed by atoms with Crippen LogP contribution in [0.1, 0.15) is 51.9 Å². The molecule has 0 aromatic heterocycles. The lowest BCUT2D eigenvalue weighted by atomic mass is 9.74. The normalized spacial score (nSPS) is 39.2. The monoisotopic (exact) mass is 211 g/mol. The number of hydrogen-bond acceptors (Lipinski definition) is 2.